The van der Waals surface area contributed by atoms with Gasteiger partial charge in [0, 0.05) is 12.0 Å². The van der Waals surface area contributed by atoms with Gasteiger partial charge in [0.1, 0.15) is 0 Å². The van der Waals surface area contributed by atoms with Crippen LogP contribution in [0.5, 0.6) is 0 Å². The smallest absolute Gasteiger partial charge is 0.0542 e. The van der Waals surface area contributed by atoms with Crippen molar-refractivity contribution in [2.45, 2.75) is 100 Å². The van der Waals surface area contributed by atoms with E-state index in [2.05, 4.69) is 60.3 Å². The number of ether oxygens (including phenoxy) is 1. The Morgan fingerprint density at radius 3 is 2.10 bits per heavy atom. The van der Waals surface area contributed by atoms with Crippen LogP contribution in [0.25, 0.3) is 0 Å². The van der Waals surface area contributed by atoms with E-state index in [1.54, 1.807) is 0 Å². The molecule has 0 aromatic carbocycles. The van der Waals surface area contributed by atoms with E-state index in [9.17, 15) is 0 Å². The number of rotatable bonds is 9. The second-order valence-electron chi connectivity index (χ2n) is 14.5. The fourth-order valence-electron chi connectivity index (χ4n) is 6.51. The summed E-state index contributed by atoms with van der Waals surface area (Å²) >= 11 is 0. The third kappa shape index (κ3) is 7.53. The van der Waals surface area contributed by atoms with Crippen LogP contribution in [-0.4, -0.2) is 37.7 Å². The average molecular weight is 406 g/mol. The second-order valence-corrected chi connectivity index (χ2v) is 14.5. The van der Waals surface area contributed by atoms with Crippen molar-refractivity contribution in [3.8, 4) is 0 Å². The van der Waals surface area contributed by atoms with E-state index in [4.69, 9.17) is 4.74 Å². The maximum absolute atomic E-state index is 5.63. The summed E-state index contributed by atoms with van der Waals surface area (Å²) in [6.07, 6.45) is 9.92. The summed E-state index contributed by atoms with van der Waals surface area (Å²) in [5.41, 5.74) is 1.89. The average Bonchev–Trinajstić information content (AvgIpc) is 3.03. The van der Waals surface area contributed by atoms with Gasteiger partial charge < -0.3 is 9.64 Å². The van der Waals surface area contributed by atoms with Crippen LogP contribution in [0.4, 0.5) is 0 Å². The lowest BCUT2D eigenvalue weighted by Gasteiger charge is -2.46. The van der Waals surface area contributed by atoms with Gasteiger partial charge in [0.25, 0.3) is 0 Å². The SMILES string of the molecule is CC(C)(C)CCN1CCC(CC(C)(CC2CC2CC(C)(C)C)CC2(C)COC2)C1. The monoisotopic (exact) mass is 405 g/mol. The zero-order valence-corrected chi connectivity index (χ0v) is 21.1. The van der Waals surface area contributed by atoms with Crippen LogP contribution in [0.2, 0.25) is 0 Å². The van der Waals surface area contributed by atoms with Crippen LogP contribution in [0.15, 0.2) is 0 Å². The largest absolute Gasteiger partial charge is 0.380 e. The summed E-state index contributed by atoms with van der Waals surface area (Å²) in [5, 5.41) is 0. The van der Waals surface area contributed by atoms with Crippen molar-refractivity contribution in [2.75, 3.05) is 32.8 Å². The molecule has 0 amide bonds. The summed E-state index contributed by atoms with van der Waals surface area (Å²) in [7, 11) is 0. The van der Waals surface area contributed by atoms with E-state index >= 15 is 0 Å². The highest BCUT2D eigenvalue weighted by Gasteiger charge is 2.48. The Bertz CT molecular complexity index is 538. The molecule has 2 aliphatic heterocycles. The zero-order chi connectivity index (χ0) is 21.5. The highest BCUT2D eigenvalue weighted by molar-refractivity contribution is 4.98. The zero-order valence-electron chi connectivity index (χ0n) is 21.1. The Morgan fingerprint density at radius 1 is 0.897 bits per heavy atom. The molecule has 0 aromatic heterocycles. The molecule has 0 bridgehead atoms. The van der Waals surface area contributed by atoms with Gasteiger partial charge in [-0.1, -0.05) is 55.4 Å². The molecule has 2 heteroatoms. The van der Waals surface area contributed by atoms with Gasteiger partial charge in [-0.25, -0.2) is 0 Å². The quantitative estimate of drug-likeness (QED) is 0.408. The molecule has 3 aliphatic rings. The standard InChI is InChI=1S/C27H51NO/c1-24(2,3)10-12-28-11-9-21(17-28)14-26(7,18-27(8)19-29-20-27)16-23-13-22(23)15-25(4,5)6/h21-23H,9-20H2,1-8H3. The maximum atomic E-state index is 5.63. The third-order valence-corrected chi connectivity index (χ3v) is 7.78. The minimum Gasteiger partial charge on any atom is -0.380 e. The molecular weight excluding hydrogens is 354 g/mol. The lowest BCUT2D eigenvalue weighted by Crippen LogP contribution is -2.44. The van der Waals surface area contributed by atoms with E-state index in [-0.39, 0.29) is 0 Å². The molecular formula is C27H51NO. The van der Waals surface area contributed by atoms with Crippen molar-refractivity contribution in [3.05, 3.63) is 0 Å². The summed E-state index contributed by atoms with van der Waals surface area (Å²) in [6, 6.07) is 0. The van der Waals surface area contributed by atoms with E-state index in [0.717, 1.165) is 31.0 Å². The normalized spacial score (nSPS) is 32.1. The number of nitrogens with zero attached hydrogens (tertiary/aromatic N) is 1. The first-order valence-corrected chi connectivity index (χ1v) is 12.5. The van der Waals surface area contributed by atoms with Gasteiger partial charge in [-0.15, -0.1) is 0 Å². The van der Waals surface area contributed by atoms with E-state index in [0.29, 0.717) is 21.7 Å². The van der Waals surface area contributed by atoms with Gasteiger partial charge >= 0.3 is 0 Å². The van der Waals surface area contributed by atoms with Crippen LogP contribution in [0.3, 0.4) is 0 Å². The molecule has 2 nitrogen and oxygen atoms in total. The first-order valence-electron chi connectivity index (χ1n) is 12.5. The van der Waals surface area contributed by atoms with Crippen LogP contribution in [0, 0.1) is 39.4 Å². The van der Waals surface area contributed by atoms with Crippen LogP contribution >= 0.6 is 0 Å². The number of likely N-dealkylation sites (tertiary alicyclic amines) is 1. The second kappa shape index (κ2) is 8.45. The van der Waals surface area contributed by atoms with Crippen molar-refractivity contribution in [1.29, 1.82) is 0 Å². The van der Waals surface area contributed by atoms with Crippen molar-refractivity contribution in [1.82, 2.24) is 4.90 Å². The molecule has 3 rings (SSSR count). The molecule has 2 saturated heterocycles. The first-order chi connectivity index (χ1) is 13.2. The summed E-state index contributed by atoms with van der Waals surface area (Å²) in [6.45, 7) is 25.4. The Morgan fingerprint density at radius 2 is 1.55 bits per heavy atom. The van der Waals surface area contributed by atoms with E-state index < -0.39 is 0 Å². The summed E-state index contributed by atoms with van der Waals surface area (Å²) < 4.78 is 5.63. The Labute approximate surface area is 182 Å². The van der Waals surface area contributed by atoms with Gasteiger partial charge in [0.2, 0.25) is 0 Å². The third-order valence-electron chi connectivity index (χ3n) is 7.78. The molecule has 1 saturated carbocycles. The predicted molar refractivity (Wildman–Crippen MR) is 125 cm³/mol. The molecule has 170 valence electrons. The molecule has 0 aromatic rings. The van der Waals surface area contributed by atoms with Crippen molar-refractivity contribution < 1.29 is 4.74 Å². The summed E-state index contributed by atoms with van der Waals surface area (Å²) in [4.78, 5) is 2.75. The fourth-order valence-corrected chi connectivity index (χ4v) is 6.51. The van der Waals surface area contributed by atoms with Crippen LogP contribution < -0.4 is 0 Å². The van der Waals surface area contributed by atoms with Gasteiger partial charge in [-0.3, -0.25) is 0 Å². The Hall–Kier alpha value is -0.0800. The van der Waals surface area contributed by atoms with Crippen LogP contribution in [0.1, 0.15) is 100 Å². The highest BCUT2D eigenvalue weighted by atomic mass is 16.5. The lowest BCUT2D eigenvalue weighted by atomic mass is 9.65. The molecule has 29 heavy (non-hydrogen) atoms. The molecule has 0 N–H and O–H groups in total. The topological polar surface area (TPSA) is 12.5 Å². The maximum Gasteiger partial charge on any atom is 0.0542 e. The minimum atomic E-state index is 0.438. The van der Waals surface area contributed by atoms with Gasteiger partial charge in [-0.05, 0) is 92.0 Å². The molecule has 2 heterocycles. The van der Waals surface area contributed by atoms with Gasteiger partial charge in [0.15, 0.2) is 0 Å². The Balaban J connectivity index is 1.55. The number of hydrogen-bond donors (Lipinski definition) is 0. The highest BCUT2D eigenvalue weighted by Crippen LogP contribution is 2.56. The molecule has 1 aliphatic carbocycles. The minimum absolute atomic E-state index is 0.438. The lowest BCUT2D eigenvalue weighted by molar-refractivity contribution is -0.126. The molecule has 0 spiro atoms. The van der Waals surface area contributed by atoms with Crippen LogP contribution in [-0.2, 0) is 4.74 Å². The fraction of sp³-hybridized carbons (Fsp3) is 1.00. The summed E-state index contributed by atoms with van der Waals surface area (Å²) in [5.74, 6) is 2.89. The first kappa shape index (κ1) is 23.6. The molecule has 4 unspecified atom stereocenters. The van der Waals surface area contributed by atoms with Gasteiger partial charge in [-0.2, -0.15) is 0 Å². The van der Waals surface area contributed by atoms with Crippen molar-refractivity contribution in [2.24, 2.45) is 39.4 Å². The van der Waals surface area contributed by atoms with E-state index in [1.165, 1.54) is 64.6 Å². The van der Waals surface area contributed by atoms with E-state index in [1.807, 2.05) is 0 Å². The molecule has 0 radical (unpaired) electrons. The molecule has 4 atom stereocenters. The van der Waals surface area contributed by atoms with Gasteiger partial charge in [0.05, 0.1) is 13.2 Å². The van der Waals surface area contributed by atoms with Crippen molar-refractivity contribution in [3.63, 3.8) is 0 Å². The Kier molecular flexibility index (Phi) is 6.87. The van der Waals surface area contributed by atoms with Crippen molar-refractivity contribution >= 4 is 0 Å². The predicted octanol–water partition coefficient (Wildman–Crippen LogP) is 7.03. The number of hydrogen-bond acceptors (Lipinski definition) is 2. The molecule has 3 fully saturated rings.